The van der Waals surface area contributed by atoms with Gasteiger partial charge >= 0.3 is 5.97 Å². The molecule has 0 aliphatic rings. The average molecular weight is 301 g/mol. The second-order valence-electron chi connectivity index (χ2n) is 2.72. The van der Waals surface area contributed by atoms with Crippen molar-refractivity contribution in [2.24, 2.45) is 0 Å². The number of hydrogen-bond acceptors (Lipinski definition) is 3. The molecular formula is C10H8INO2. The van der Waals surface area contributed by atoms with Crippen molar-refractivity contribution in [3.63, 3.8) is 0 Å². The van der Waals surface area contributed by atoms with E-state index in [1.54, 1.807) is 19.1 Å². The van der Waals surface area contributed by atoms with Crippen LogP contribution in [0, 0.1) is 21.8 Å². The molecule has 0 fully saturated rings. The van der Waals surface area contributed by atoms with Gasteiger partial charge in [-0.15, -0.1) is 0 Å². The highest BCUT2D eigenvalue weighted by atomic mass is 127. The Bertz CT molecular complexity index is 421. The Balaban J connectivity index is 3.47. The minimum atomic E-state index is -0.461. The predicted molar refractivity (Wildman–Crippen MR) is 60.0 cm³/mol. The Morgan fingerprint density at radius 1 is 1.57 bits per heavy atom. The lowest BCUT2D eigenvalue weighted by molar-refractivity contribution is 0.0599. The van der Waals surface area contributed by atoms with Gasteiger partial charge in [-0.25, -0.2) is 4.79 Å². The van der Waals surface area contributed by atoms with Gasteiger partial charge in [-0.1, -0.05) is 6.07 Å². The van der Waals surface area contributed by atoms with Gasteiger partial charge < -0.3 is 4.74 Å². The summed E-state index contributed by atoms with van der Waals surface area (Å²) in [5.74, 6) is -0.461. The van der Waals surface area contributed by atoms with Crippen molar-refractivity contribution in [2.45, 2.75) is 6.92 Å². The molecule has 0 aromatic heterocycles. The van der Waals surface area contributed by atoms with E-state index in [0.29, 0.717) is 11.1 Å². The monoisotopic (exact) mass is 301 g/mol. The lowest BCUT2D eigenvalue weighted by Crippen LogP contribution is -2.07. The van der Waals surface area contributed by atoms with Crippen molar-refractivity contribution in [3.05, 3.63) is 32.4 Å². The first-order valence-electron chi connectivity index (χ1n) is 3.89. The zero-order valence-electron chi connectivity index (χ0n) is 7.80. The molecule has 0 unspecified atom stereocenters. The number of methoxy groups -OCH3 is 1. The first kappa shape index (κ1) is 11.0. The smallest absolute Gasteiger partial charge is 0.339 e. The maximum Gasteiger partial charge on any atom is 0.339 e. The molecule has 1 rings (SSSR count). The fourth-order valence-electron chi connectivity index (χ4n) is 1.16. The summed E-state index contributed by atoms with van der Waals surface area (Å²) in [5.41, 5.74) is 1.51. The number of nitrogens with zero attached hydrogens (tertiary/aromatic N) is 1. The van der Waals surface area contributed by atoms with Crippen molar-refractivity contribution in [1.82, 2.24) is 0 Å². The SMILES string of the molecule is COC(=O)c1c(C)ccc(I)c1C#N. The van der Waals surface area contributed by atoms with Crippen LogP contribution in [0.15, 0.2) is 12.1 Å². The number of esters is 1. The maximum absolute atomic E-state index is 11.4. The van der Waals surface area contributed by atoms with Crippen molar-refractivity contribution in [2.75, 3.05) is 7.11 Å². The number of halogens is 1. The standard InChI is InChI=1S/C10H8INO2/c1-6-3-4-8(11)7(5-12)9(6)10(13)14-2/h3-4H,1-2H3. The van der Waals surface area contributed by atoms with Crippen LogP contribution in [0.2, 0.25) is 0 Å². The highest BCUT2D eigenvalue weighted by Crippen LogP contribution is 2.20. The first-order chi connectivity index (χ1) is 6.61. The first-order valence-corrected chi connectivity index (χ1v) is 4.97. The van der Waals surface area contributed by atoms with Crippen LogP contribution in [-0.4, -0.2) is 13.1 Å². The van der Waals surface area contributed by atoms with Crippen molar-refractivity contribution >= 4 is 28.6 Å². The second-order valence-corrected chi connectivity index (χ2v) is 3.88. The van der Waals surface area contributed by atoms with Crippen LogP contribution in [-0.2, 0) is 4.74 Å². The van der Waals surface area contributed by atoms with Crippen LogP contribution in [0.1, 0.15) is 21.5 Å². The van der Waals surface area contributed by atoms with E-state index < -0.39 is 5.97 Å². The fourth-order valence-corrected chi connectivity index (χ4v) is 1.73. The summed E-state index contributed by atoms with van der Waals surface area (Å²) in [6.07, 6.45) is 0. The summed E-state index contributed by atoms with van der Waals surface area (Å²) < 4.78 is 5.38. The summed E-state index contributed by atoms with van der Waals surface area (Å²) in [4.78, 5) is 11.4. The molecule has 72 valence electrons. The topological polar surface area (TPSA) is 50.1 Å². The van der Waals surface area contributed by atoms with E-state index >= 15 is 0 Å². The average Bonchev–Trinajstić information content (AvgIpc) is 2.19. The van der Waals surface area contributed by atoms with E-state index in [9.17, 15) is 4.79 Å². The van der Waals surface area contributed by atoms with Crippen LogP contribution in [0.5, 0.6) is 0 Å². The quantitative estimate of drug-likeness (QED) is 0.590. The molecule has 0 aliphatic heterocycles. The van der Waals surface area contributed by atoms with Gasteiger partial charge in [-0.3, -0.25) is 0 Å². The largest absolute Gasteiger partial charge is 0.465 e. The number of benzene rings is 1. The third-order valence-corrected chi connectivity index (χ3v) is 2.76. The summed E-state index contributed by atoms with van der Waals surface area (Å²) in [6.45, 7) is 1.78. The summed E-state index contributed by atoms with van der Waals surface area (Å²) >= 11 is 2.02. The molecule has 3 nitrogen and oxygen atoms in total. The lowest BCUT2D eigenvalue weighted by Gasteiger charge is -2.06. The van der Waals surface area contributed by atoms with Gasteiger partial charge in [0, 0.05) is 3.57 Å². The lowest BCUT2D eigenvalue weighted by atomic mass is 10.0. The molecule has 0 bridgehead atoms. The number of ether oxygens (including phenoxy) is 1. The van der Waals surface area contributed by atoms with E-state index in [4.69, 9.17) is 5.26 Å². The molecule has 0 heterocycles. The van der Waals surface area contributed by atoms with Crippen LogP contribution in [0.4, 0.5) is 0 Å². The molecule has 0 saturated heterocycles. The van der Waals surface area contributed by atoms with Gasteiger partial charge in [0.15, 0.2) is 0 Å². The second kappa shape index (κ2) is 4.42. The van der Waals surface area contributed by atoms with Crippen LogP contribution >= 0.6 is 22.6 Å². The Labute approximate surface area is 95.8 Å². The molecular weight excluding hydrogens is 293 g/mol. The molecule has 4 heteroatoms. The number of nitriles is 1. The minimum absolute atomic E-state index is 0.363. The third kappa shape index (κ3) is 1.87. The van der Waals surface area contributed by atoms with Gasteiger partial charge in [0.1, 0.15) is 6.07 Å². The highest BCUT2D eigenvalue weighted by Gasteiger charge is 2.16. The van der Waals surface area contributed by atoms with E-state index in [-0.39, 0.29) is 0 Å². The van der Waals surface area contributed by atoms with Gasteiger partial charge in [0.2, 0.25) is 0 Å². The Morgan fingerprint density at radius 2 is 2.21 bits per heavy atom. The molecule has 1 aromatic carbocycles. The van der Waals surface area contributed by atoms with Crippen molar-refractivity contribution in [1.29, 1.82) is 5.26 Å². The number of carbonyl (C=O) groups excluding carboxylic acids is 1. The summed E-state index contributed by atoms with van der Waals surface area (Å²) in [6, 6.07) is 5.62. The number of aryl methyl sites for hydroxylation is 1. The number of carbonyl (C=O) groups is 1. The molecule has 0 amide bonds. The van der Waals surface area contributed by atoms with Crippen LogP contribution in [0.25, 0.3) is 0 Å². The van der Waals surface area contributed by atoms with Gasteiger partial charge in [0.25, 0.3) is 0 Å². The fraction of sp³-hybridized carbons (Fsp3) is 0.200. The van der Waals surface area contributed by atoms with E-state index in [1.165, 1.54) is 7.11 Å². The molecule has 0 saturated carbocycles. The summed E-state index contributed by atoms with van der Waals surface area (Å²) in [5, 5.41) is 8.91. The van der Waals surface area contributed by atoms with E-state index in [2.05, 4.69) is 4.74 Å². The number of rotatable bonds is 1. The van der Waals surface area contributed by atoms with E-state index in [0.717, 1.165) is 9.13 Å². The normalized spacial score (nSPS) is 9.29. The van der Waals surface area contributed by atoms with Gasteiger partial charge in [-0.05, 0) is 41.1 Å². The molecule has 0 atom stereocenters. The Morgan fingerprint density at radius 3 is 2.71 bits per heavy atom. The van der Waals surface area contributed by atoms with Crippen LogP contribution in [0.3, 0.4) is 0 Å². The van der Waals surface area contributed by atoms with Gasteiger partial charge in [0.05, 0.1) is 18.2 Å². The molecule has 0 spiro atoms. The minimum Gasteiger partial charge on any atom is -0.465 e. The summed E-state index contributed by atoms with van der Waals surface area (Å²) in [7, 11) is 1.31. The van der Waals surface area contributed by atoms with Crippen LogP contribution < -0.4 is 0 Å². The third-order valence-electron chi connectivity index (χ3n) is 1.86. The molecule has 0 radical (unpaired) electrons. The van der Waals surface area contributed by atoms with Crippen molar-refractivity contribution in [3.8, 4) is 6.07 Å². The molecule has 14 heavy (non-hydrogen) atoms. The molecule has 0 N–H and O–H groups in total. The predicted octanol–water partition coefficient (Wildman–Crippen LogP) is 2.26. The molecule has 1 aromatic rings. The Kier molecular flexibility index (Phi) is 3.47. The maximum atomic E-state index is 11.4. The van der Waals surface area contributed by atoms with Crippen molar-refractivity contribution < 1.29 is 9.53 Å². The van der Waals surface area contributed by atoms with Gasteiger partial charge in [-0.2, -0.15) is 5.26 Å². The zero-order chi connectivity index (χ0) is 10.7. The highest BCUT2D eigenvalue weighted by molar-refractivity contribution is 14.1. The Hall–Kier alpha value is -1.09. The van der Waals surface area contributed by atoms with E-state index in [1.807, 2.05) is 28.7 Å². The number of hydrogen-bond donors (Lipinski definition) is 0. The molecule has 0 aliphatic carbocycles. The zero-order valence-corrected chi connectivity index (χ0v) is 9.95.